The molecule has 0 aliphatic rings. The number of Topliss-reactive ketones (excluding diaryl/α,β-unsaturated/α-hetero) is 1. The van der Waals surface area contributed by atoms with Gasteiger partial charge in [-0.05, 0) is 26.8 Å². The lowest BCUT2D eigenvalue weighted by atomic mass is 10.1. The van der Waals surface area contributed by atoms with Crippen molar-refractivity contribution in [3.63, 3.8) is 0 Å². The molecule has 0 aliphatic heterocycles. The quantitative estimate of drug-likeness (QED) is 0.841. The largest absolute Gasteiger partial charge is 0.349 e. The lowest BCUT2D eigenvalue weighted by Gasteiger charge is -2.06. The molecule has 2 aromatic rings. The average Bonchev–Trinajstić information content (AvgIpc) is 2.69. The van der Waals surface area contributed by atoms with Crippen LogP contribution in [-0.4, -0.2) is 20.1 Å². The van der Waals surface area contributed by atoms with E-state index in [0.29, 0.717) is 5.56 Å². The summed E-state index contributed by atoms with van der Waals surface area (Å²) in [4.78, 5) is 35.1. The van der Waals surface area contributed by atoms with Gasteiger partial charge in [-0.15, -0.1) is 0 Å². The maximum absolute atomic E-state index is 12.3. The summed E-state index contributed by atoms with van der Waals surface area (Å²) >= 11 is 0. The van der Waals surface area contributed by atoms with E-state index in [-0.39, 0.29) is 12.3 Å². The van der Waals surface area contributed by atoms with Crippen LogP contribution < -0.4 is 11.1 Å². The predicted molar refractivity (Wildman–Crippen MR) is 75.2 cm³/mol. The fourth-order valence-corrected chi connectivity index (χ4v) is 2.38. The Labute approximate surface area is 115 Å². The monoisotopic (exact) mass is 275 g/mol. The highest BCUT2D eigenvalue weighted by molar-refractivity contribution is 5.97. The Hall–Kier alpha value is -2.37. The van der Waals surface area contributed by atoms with Crippen LogP contribution in [0.2, 0.25) is 0 Å². The maximum Gasteiger partial charge on any atom is 0.265 e. The standard InChI is InChI=1S/C14H17N3O3/c1-4-16-9(2)7-11(10(16)3)12(18)8-17-14(20)6-5-13(19)15-17/h5-7H,4,8H2,1-3H3,(H,15,19). The Morgan fingerprint density at radius 2 is 1.95 bits per heavy atom. The molecule has 2 aromatic heterocycles. The summed E-state index contributed by atoms with van der Waals surface area (Å²) < 4.78 is 3.06. The van der Waals surface area contributed by atoms with E-state index in [1.165, 1.54) is 0 Å². The van der Waals surface area contributed by atoms with Gasteiger partial charge in [0.05, 0.1) is 0 Å². The van der Waals surface area contributed by atoms with Crippen LogP contribution in [0.25, 0.3) is 0 Å². The molecule has 0 aromatic carbocycles. The summed E-state index contributed by atoms with van der Waals surface area (Å²) in [5.41, 5.74) is 1.66. The van der Waals surface area contributed by atoms with Crippen LogP contribution in [0, 0.1) is 13.8 Å². The van der Waals surface area contributed by atoms with E-state index in [4.69, 9.17) is 0 Å². The van der Waals surface area contributed by atoms with Gasteiger partial charge in [0, 0.05) is 35.6 Å². The van der Waals surface area contributed by atoms with E-state index >= 15 is 0 Å². The van der Waals surface area contributed by atoms with Gasteiger partial charge in [-0.25, -0.2) is 4.68 Å². The molecule has 0 saturated heterocycles. The molecule has 0 amide bonds. The van der Waals surface area contributed by atoms with E-state index < -0.39 is 11.1 Å². The van der Waals surface area contributed by atoms with Gasteiger partial charge in [0.15, 0.2) is 5.78 Å². The minimum Gasteiger partial charge on any atom is -0.349 e. The summed E-state index contributed by atoms with van der Waals surface area (Å²) in [6, 6.07) is 4.11. The van der Waals surface area contributed by atoms with Crippen molar-refractivity contribution in [3.8, 4) is 0 Å². The van der Waals surface area contributed by atoms with Gasteiger partial charge in [0.2, 0.25) is 0 Å². The normalized spacial score (nSPS) is 10.8. The van der Waals surface area contributed by atoms with Crippen LogP contribution in [0.15, 0.2) is 27.8 Å². The minimum atomic E-state index is -0.406. The molecule has 20 heavy (non-hydrogen) atoms. The fraction of sp³-hybridized carbons (Fsp3) is 0.357. The second-order valence-corrected chi connectivity index (χ2v) is 4.69. The number of rotatable bonds is 4. The lowest BCUT2D eigenvalue weighted by Crippen LogP contribution is -2.30. The lowest BCUT2D eigenvalue weighted by molar-refractivity contribution is 0.0964. The first-order chi connectivity index (χ1) is 9.43. The van der Waals surface area contributed by atoms with Crippen molar-refractivity contribution < 1.29 is 4.79 Å². The summed E-state index contributed by atoms with van der Waals surface area (Å²) in [5, 5.41) is 2.35. The van der Waals surface area contributed by atoms with Crippen LogP contribution in [-0.2, 0) is 13.1 Å². The minimum absolute atomic E-state index is 0.164. The summed E-state index contributed by atoms with van der Waals surface area (Å²) in [7, 11) is 0. The molecular weight excluding hydrogens is 258 g/mol. The molecule has 0 unspecified atom stereocenters. The van der Waals surface area contributed by atoms with Crippen LogP contribution in [0.5, 0.6) is 0 Å². The zero-order valence-electron chi connectivity index (χ0n) is 11.8. The van der Waals surface area contributed by atoms with E-state index in [1.807, 2.05) is 31.4 Å². The van der Waals surface area contributed by atoms with Gasteiger partial charge in [-0.1, -0.05) is 0 Å². The van der Waals surface area contributed by atoms with Crippen molar-refractivity contribution in [3.05, 3.63) is 55.9 Å². The Kier molecular flexibility index (Phi) is 3.74. The van der Waals surface area contributed by atoms with Crippen molar-refractivity contribution in [1.82, 2.24) is 14.3 Å². The van der Waals surface area contributed by atoms with E-state index in [0.717, 1.165) is 34.7 Å². The first-order valence-electron chi connectivity index (χ1n) is 6.44. The van der Waals surface area contributed by atoms with Gasteiger partial charge >= 0.3 is 0 Å². The van der Waals surface area contributed by atoms with Crippen LogP contribution >= 0.6 is 0 Å². The van der Waals surface area contributed by atoms with Gasteiger partial charge in [0.25, 0.3) is 11.1 Å². The van der Waals surface area contributed by atoms with Crippen LogP contribution in [0.1, 0.15) is 28.7 Å². The zero-order valence-corrected chi connectivity index (χ0v) is 11.8. The molecule has 6 nitrogen and oxygen atoms in total. The number of nitrogens with one attached hydrogen (secondary N) is 1. The van der Waals surface area contributed by atoms with Gasteiger partial charge < -0.3 is 4.57 Å². The predicted octanol–water partition coefficient (Wildman–Crippen LogP) is 0.858. The smallest absolute Gasteiger partial charge is 0.265 e. The highest BCUT2D eigenvalue weighted by atomic mass is 16.2. The maximum atomic E-state index is 12.3. The molecular formula is C14H17N3O3. The highest BCUT2D eigenvalue weighted by Crippen LogP contribution is 2.15. The molecule has 0 spiro atoms. The van der Waals surface area contributed by atoms with E-state index in [1.54, 1.807) is 0 Å². The Morgan fingerprint density at radius 1 is 1.25 bits per heavy atom. The molecule has 0 saturated carbocycles. The Morgan fingerprint density at radius 3 is 2.55 bits per heavy atom. The topological polar surface area (TPSA) is 76.9 Å². The summed E-state index contributed by atoms with van der Waals surface area (Å²) in [6.45, 7) is 6.44. The third-order valence-corrected chi connectivity index (χ3v) is 3.38. The highest BCUT2D eigenvalue weighted by Gasteiger charge is 2.15. The average molecular weight is 275 g/mol. The molecule has 0 bridgehead atoms. The van der Waals surface area contributed by atoms with Crippen molar-refractivity contribution >= 4 is 5.78 Å². The molecule has 0 fully saturated rings. The van der Waals surface area contributed by atoms with Gasteiger partial charge in [-0.3, -0.25) is 19.5 Å². The van der Waals surface area contributed by atoms with Gasteiger partial charge in [-0.2, -0.15) is 0 Å². The first kappa shape index (κ1) is 14.0. The van der Waals surface area contributed by atoms with Crippen molar-refractivity contribution in [2.24, 2.45) is 0 Å². The number of aromatic amines is 1. The molecule has 2 rings (SSSR count). The molecule has 2 heterocycles. The molecule has 106 valence electrons. The van der Waals surface area contributed by atoms with Crippen molar-refractivity contribution in [1.29, 1.82) is 0 Å². The van der Waals surface area contributed by atoms with Crippen LogP contribution in [0.3, 0.4) is 0 Å². The number of ketones is 1. The zero-order chi connectivity index (χ0) is 14.9. The summed E-state index contributed by atoms with van der Waals surface area (Å²) in [5.74, 6) is -0.193. The molecule has 0 radical (unpaired) electrons. The Balaban J connectivity index is 2.36. The molecule has 0 atom stereocenters. The molecule has 0 aliphatic carbocycles. The number of aromatic nitrogens is 3. The van der Waals surface area contributed by atoms with Crippen molar-refractivity contribution in [2.75, 3.05) is 0 Å². The third kappa shape index (κ3) is 2.49. The van der Waals surface area contributed by atoms with E-state index in [2.05, 4.69) is 5.10 Å². The number of hydrogen-bond donors (Lipinski definition) is 1. The number of hydrogen-bond acceptors (Lipinski definition) is 3. The molecule has 1 N–H and O–H groups in total. The third-order valence-electron chi connectivity index (χ3n) is 3.38. The van der Waals surface area contributed by atoms with E-state index in [9.17, 15) is 14.4 Å². The molecule has 6 heteroatoms. The second kappa shape index (κ2) is 5.32. The van der Waals surface area contributed by atoms with Crippen molar-refractivity contribution in [2.45, 2.75) is 33.9 Å². The fourth-order valence-electron chi connectivity index (χ4n) is 2.38. The Bertz CT molecular complexity index is 765. The number of carbonyl (C=O) groups excluding carboxylic acids is 1. The van der Waals surface area contributed by atoms with Crippen LogP contribution in [0.4, 0.5) is 0 Å². The second-order valence-electron chi connectivity index (χ2n) is 4.69. The number of nitrogens with zero attached hydrogens (tertiary/aromatic N) is 2. The summed E-state index contributed by atoms with van der Waals surface area (Å²) in [6.07, 6.45) is 0. The number of H-pyrrole nitrogens is 1. The SMILES string of the molecule is CCn1c(C)cc(C(=O)Cn2[nH]c(=O)ccc2=O)c1C. The first-order valence-corrected chi connectivity index (χ1v) is 6.44. The van der Waals surface area contributed by atoms with Gasteiger partial charge in [0.1, 0.15) is 6.54 Å². The number of aryl methyl sites for hydroxylation is 1. The number of carbonyl (C=O) groups is 1.